The molecule has 4 nitrogen and oxygen atoms in total. The van der Waals surface area contributed by atoms with Crippen molar-refractivity contribution in [3.05, 3.63) is 18.2 Å². The molecule has 1 heterocycles. The smallest absolute Gasteiger partial charge is 0.261 e. The molecule has 76 valence electrons. The van der Waals surface area contributed by atoms with E-state index in [1.165, 1.54) is 12.1 Å². The Bertz CT molecular complexity index is 458. The number of rotatable bonds is 1. The highest BCUT2D eigenvalue weighted by Crippen LogP contribution is 2.30. The zero-order chi connectivity index (χ0) is 10.2. The third-order valence-electron chi connectivity index (χ3n) is 1.91. The molecule has 0 saturated heterocycles. The van der Waals surface area contributed by atoms with Gasteiger partial charge in [-0.3, -0.25) is 0 Å². The maximum absolute atomic E-state index is 11.0. The Balaban J connectivity index is 2.49. The number of fused-ring (bicyclic) bond motifs is 1. The summed E-state index contributed by atoms with van der Waals surface area (Å²) in [5.74, 6) is 0.526. The van der Waals surface area contributed by atoms with Gasteiger partial charge in [0.2, 0.25) is 0 Å². The Hall–Kier alpha value is -0.940. The molecule has 2 rings (SSSR count). The van der Waals surface area contributed by atoms with Gasteiger partial charge in [0.25, 0.3) is 9.05 Å². The van der Waals surface area contributed by atoms with Crippen molar-refractivity contribution in [3.8, 4) is 5.75 Å². The molecule has 1 aliphatic rings. The van der Waals surface area contributed by atoms with Crippen molar-refractivity contribution in [2.45, 2.75) is 4.90 Å². The van der Waals surface area contributed by atoms with Crippen LogP contribution < -0.4 is 10.1 Å². The number of hydrogen-bond donors (Lipinski definition) is 1. The summed E-state index contributed by atoms with van der Waals surface area (Å²) in [7, 11) is 1.53. The summed E-state index contributed by atoms with van der Waals surface area (Å²) in [6.07, 6.45) is 0. The lowest BCUT2D eigenvalue weighted by Crippen LogP contribution is -2.18. The molecule has 14 heavy (non-hydrogen) atoms. The second kappa shape index (κ2) is 3.33. The summed E-state index contributed by atoms with van der Waals surface area (Å²) in [5.41, 5.74) is 0.792. The number of hydrogen-bond acceptors (Lipinski definition) is 4. The zero-order valence-corrected chi connectivity index (χ0v) is 8.73. The number of anilines is 1. The molecule has 0 amide bonds. The van der Waals surface area contributed by atoms with Crippen LogP contribution in [0.2, 0.25) is 0 Å². The molecule has 0 aliphatic carbocycles. The Morgan fingerprint density at radius 2 is 2.21 bits per heavy atom. The lowest BCUT2D eigenvalue weighted by atomic mass is 10.2. The molecule has 0 spiro atoms. The number of ether oxygens (including phenoxy) is 1. The van der Waals surface area contributed by atoms with Crippen molar-refractivity contribution in [3.63, 3.8) is 0 Å². The molecule has 0 unspecified atom stereocenters. The van der Waals surface area contributed by atoms with E-state index in [9.17, 15) is 8.42 Å². The largest absolute Gasteiger partial charge is 0.490 e. The molecule has 0 atom stereocenters. The van der Waals surface area contributed by atoms with Crippen LogP contribution in [-0.4, -0.2) is 21.6 Å². The Kier molecular flexibility index (Phi) is 2.28. The van der Waals surface area contributed by atoms with Gasteiger partial charge in [0.05, 0.1) is 10.6 Å². The molecule has 0 fully saturated rings. The van der Waals surface area contributed by atoms with Crippen molar-refractivity contribution in [2.24, 2.45) is 0 Å². The van der Waals surface area contributed by atoms with E-state index in [1.54, 1.807) is 6.07 Å². The van der Waals surface area contributed by atoms with E-state index in [4.69, 9.17) is 15.4 Å². The van der Waals surface area contributed by atoms with Crippen LogP contribution in [0.3, 0.4) is 0 Å². The van der Waals surface area contributed by atoms with E-state index >= 15 is 0 Å². The van der Waals surface area contributed by atoms with E-state index in [-0.39, 0.29) is 4.90 Å². The standard InChI is InChI=1S/C8H8ClNO3S/c9-14(11,12)6-1-2-7-8(5-6)13-4-3-10-7/h1-2,5,10H,3-4H2. The van der Waals surface area contributed by atoms with Gasteiger partial charge >= 0.3 is 0 Å². The molecule has 1 N–H and O–H groups in total. The monoisotopic (exact) mass is 233 g/mol. The molecule has 0 saturated carbocycles. The first-order valence-electron chi connectivity index (χ1n) is 4.03. The minimum Gasteiger partial charge on any atom is -0.490 e. The molecule has 0 aromatic heterocycles. The molecule has 1 aliphatic heterocycles. The minimum absolute atomic E-state index is 0.0571. The fourth-order valence-electron chi connectivity index (χ4n) is 1.27. The van der Waals surface area contributed by atoms with Gasteiger partial charge in [-0.1, -0.05) is 0 Å². The van der Waals surface area contributed by atoms with Crippen molar-refractivity contribution in [1.29, 1.82) is 0 Å². The van der Waals surface area contributed by atoms with E-state index in [2.05, 4.69) is 5.32 Å². The zero-order valence-electron chi connectivity index (χ0n) is 7.16. The average molecular weight is 234 g/mol. The summed E-state index contributed by atoms with van der Waals surface area (Å²) >= 11 is 0. The van der Waals surface area contributed by atoms with Crippen LogP contribution in [0.15, 0.2) is 23.1 Å². The summed E-state index contributed by atoms with van der Waals surface area (Å²) < 4.78 is 27.3. The van der Waals surface area contributed by atoms with Gasteiger partial charge in [0, 0.05) is 23.3 Å². The molecule has 1 aromatic rings. The van der Waals surface area contributed by atoms with Crippen LogP contribution in [0.5, 0.6) is 5.75 Å². The number of nitrogens with one attached hydrogen (secondary N) is 1. The molecular formula is C8H8ClNO3S. The highest BCUT2D eigenvalue weighted by Gasteiger charge is 2.15. The quantitative estimate of drug-likeness (QED) is 0.746. The van der Waals surface area contributed by atoms with Gasteiger partial charge in [-0.25, -0.2) is 8.42 Å². The molecular weight excluding hydrogens is 226 g/mol. The highest BCUT2D eigenvalue weighted by atomic mass is 35.7. The predicted octanol–water partition coefficient (Wildman–Crippen LogP) is 1.42. The summed E-state index contributed by atoms with van der Waals surface area (Å²) in [6.45, 7) is 1.25. The number of benzene rings is 1. The van der Waals surface area contributed by atoms with Crippen molar-refractivity contribution in [2.75, 3.05) is 18.5 Å². The van der Waals surface area contributed by atoms with Crippen LogP contribution >= 0.6 is 10.7 Å². The first-order valence-corrected chi connectivity index (χ1v) is 6.34. The average Bonchev–Trinajstić information content (AvgIpc) is 2.16. The van der Waals surface area contributed by atoms with Crippen LogP contribution in [0.25, 0.3) is 0 Å². The molecule has 1 aromatic carbocycles. The van der Waals surface area contributed by atoms with Crippen molar-refractivity contribution in [1.82, 2.24) is 0 Å². The van der Waals surface area contributed by atoms with E-state index in [0.29, 0.717) is 12.4 Å². The van der Waals surface area contributed by atoms with E-state index < -0.39 is 9.05 Å². The van der Waals surface area contributed by atoms with Gasteiger partial charge in [0.1, 0.15) is 12.4 Å². The maximum atomic E-state index is 11.0. The SMILES string of the molecule is O=S(=O)(Cl)c1ccc2c(c1)OCCN2. The Labute approximate surface area is 86.3 Å². The first kappa shape index (κ1) is 9.61. The molecule has 6 heteroatoms. The van der Waals surface area contributed by atoms with E-state index in [1.807, 2.05) is 0 Å². The molecule has 0 radical (unpaired) electrons. The Morgan fingerprint density at radius 3 is 2.93 bits per heavy atom. The predicted molar refractivity (Wildman–Crippen MR) is 53.5 cm³/mol. The fraction of sp³-hybridized carbons (Fsp3) is 0.250. The van der Waals surface area contributed by atoms with Gasteiger partial charge < -0.3 is 10.1 Å². The summed E-state index contributed by atoms with van der Waals surface area (Å²) in [6, 6.07) is 4.51. The van der Waals surface area contributed by atoms with Gasteiger partial charge in [-0.05, 0) is 12.1 Å². The summed E-state index contributed by atoms with van der Waals surface area (Å²) in [4.78, 5) is 0.0571. The van der Waals surface area contributed by atoms with Crippen LogP contribution in [0.1, 0.15) is 0 Å². The third kappa shape index (κ3) is 1.78. The van der Waals surface area contributed by atoms with Gasteiger partial charge in [-0.15, -0.1) is 0 Å². The first-order chi connectivity index (χ1) is 6.57. The van der Waals surface area contributed by atoms with Crippen LogP contribution in [-0.2, 0) is 9.05 Å². The molecule has 0 bridgehead atoms. The van der Waals surface area contributed by atoms with Gasteiger partial charge in [-0.2, -0.15) is 0 Å². The topological polar surface area (TPSA) is 55.4 Å². The Morgan fingerprint density at radius 1 is 1.43 bits per heavy atom. The third-order valence-corrected chi connectivity index (χ3v) is 3.26. The minimum atomic E-state index is -3.67. The van der Waals surface area contributed by atoms with Crippen LogP contribution in [0.4, 0.5) is 5.69 Å². The van der Waals surface area contributed by atoms with E-state index in [0.717, 1.165) is 12.2 Å². The second-order valence-corrected chi connectivity index (χ2v) is 5.44. The van der Waals surface area contributed by atoms with Crippen LogP contribution in [0, 0.1) is 0 Å². The summed E-state index contributed by atoms with van der Waals surface area (Å²) in [5, 5.41) is 3.08. The van der Waals surface area contributed by atoms with Crippen molar-refractivity contribution < 1.29 is 13.2 Å². The highest BCUT2D eigenvalue weighted by molar-refractivity contribution is 8.13. The number of halogens is 1. The van der Waals surface area contributed by atoms with Crippen molar-refractivity contribution >= 4 is 25.4 Å². The lowest BCUT2D eigenvalue weighted by molar-refractivity contribution is 0.322. The normalized spacial score (nSPS) is 15.2. The maximum Gasteiger partial charge on any atom is 0.261 e. The van der Waals surface area contributed by atoms with Gasteiger partial charge in [0.15, 0.2) is 0 Å². The lowest BCUT2D eigenvalue weighted by Gasteiger charge is -2.19. The fourth-order valence-corrected chi connectivity index (χ4v) is 2.03. The second-order valence-electron chi connectivity index (χ2n) is 2.87.